The Morgan fingerprint density at radius 1 is 1.30 bits per heavy atom. The Kier molecular flexibility index (Phi) is 7.54. The lowest BCUT2D eigenvalue weighted by Gasteiger charge is -2.35. The van der Waals surface area contributed by atoms with Gasteiger partial charge in [-0.3, -0.25) is 15.0 Å². The molecule has 1 aliphatic heterocycles. The van der Waals surface area contributed by atoms with Gasteiger partial charge in [0.2, 0.25) is 0 Å². The molecule has 0 unspecified atom stereocenters. The summed E-state index contributed by atoms with van der Waals surface area (Å²) < 4.78 is 0. The van der Waals surface area contributed by atoms with Gasteiger partial charge in [-0.1, -0.05) is 12.8 Å². The van der Waals surface area contributed by atoms with Crippen LogP contribution in [0.4, 0.5) is 5.69 Å². The number of aromatic hydroxyl groups is 1. The molecule has 2 N–H and O–H groups in total. The maximum atomic E-state index is 11.0. The van der Waals surface area contributed by atoms with Crippen LogP contribution in [0.25, 0.3) is 0 Å². The molecule has 1 saturated carbocycles. The summed E-state index contributed by atoms with van der Waals surface area (Å²) in [7, 11) is 0. The lowest BCUT2D eigenvalue weighted by Crippen LogP contribution is -2.45. The van der Waals surface area contributed by atoms with E-state index in [-0.39, 0.29) is 42.3 Å². The summed E-state index contributed by atoms with van der Waals surface area (Å²) >= 11 is 0. The van der Waals surface area contributed by atoms with Gasteiger partial charge in [-0.2, -0.15) is 0 Å². The fourth-order valence-corrected chi connectivity index (χ4v) is 3.06. The van der Waals surface area contributed by atoms with Gasteiger partial charge in [-0.25, -0.2) is 0 Å². The van der Waals surface area contributed by atoms with E-state index in [1.807, 2.05) is 0 Å². The van der Waals surface area contributed by atoms with Crippen molar-refractivity contribution in [1.82, 2.24) is 10.2 Å². The number of nitro benzene ring substituents is 1. The van der Waals surface area contributed by atoms with Gasteiger partial charge in [0, 0.05) is 49.9 Å². The maximum absolute atomic E-state index is 11.0. The van der Waals surface area contributed by atoms with E-state index < -0.39 is 4.92 Å². The largest absolute Gasteiger partial charge is 0.508 e. The van der Waals surface area contributed by atoms with Gasteiger partial charge in [0.15, 0.2) is 0 Å². The zero-order chi connectivity index (χ0) is 14.8. The maximum Gasteiger partial charge on any atom is 0.270 e. The number of halogens is 2. The molecule has 2 fully saturated rings. The number of rotatable bonds is 5. The van der Waals surface area contributed by atoms with E-state index in [1.54, 1.807) is 6.07 Å². The van der Waals surface area contributed by atoms with Gasteiger partial charge < -0.3 is 10.4 Å². The zero-order valence-corrected chi connectivity index (χ0v) is 14.4. The zero-order valence-electron chi connectivity index (χ0n) is 12.8. The van der Waals surface area contributed by atoms with Crippen LogP contribution in [-0.2, 0) is 0 Å². The molecule has 6 nitrogen and oxygen atoms in total. The van der Waals surface area contributed by atoms with Gasteiger partial charge in [0.25, 0.3) is 5.69 Å². The molecule has 0 amide bonds. The van der Waals surface area contributed by atoms with Crippen molar-refractivity contribution in [2.45, 2.75) is 25.3 Å². The topological polar surface area (TPSA) is 78.6 Å². The molecule has 0 radical (unpaired) electrons. The van der Waals surface area contributed by atoms with Crippen LogP contribution in [0.3, 0.4) is 0 Å². The predicted octanol–water partition coefficient (Wildman–Crippen LogP) is 2.89. The van der Waals surface area contributed by atoms with Crippen LogP contribution < -0.4 is 5.32 Å². The van der Waals surface area contributed by atoms with Crippen molar-refractivity contribution in [3.63, 3.8) is 0 Å². The van der Waals surface area contributed by atoms with Gasteiger partial charge >= 0.3 is 0 Å². The summed E-state index contributed by atoms with van der Waals surface area (Å²) in [6.45, 7) is 3.69. The van der Waals surface area contributed by atoms with E-state index in [0.717, 1.165) is 32.6 Å². The molecule has 0 spiro atoms. The number of phenols is 1. The lowest BCUT2D eigenvalue weighted by molar-refractivity contribution is -0.385. The molecule has 1 aromatic carbocycles. The van der Waals surface area contributed by atoms with E-state index in [0.29, 0.717) is 11.5 Å². The van der Waals surface area contributed by atoms with E-state index in [2.05, 4.69) is 10.2 Å². The van der Waals surface area contributed by atoms with Crippen LogP contribution in [0.5, 0.6) is 5.75 Å². The SMILES string of the molecule is Cl.Cl.O=[N+]([O-])c1ccc(O)c([C@@H](CC2CC2)N2CCNCC2)c1. The van der Waals surface area contributed by atoms with Crippen molar-refractivity contribution < 1.29 is 10.0 Å². The van der Waals surface area contributed by atoms with Crippen molar-refractivity contribution in [3.05, 3.63) is 33.9 Å². The molecule has 1 aromatic rings. The number of nitro groups is 1. The van der Waals surface area contributed by atoms with Gasteiger partial charge in [0.1, 0.15) is 5.75 Å². The summed E-state index contributed by atoms with van der Waals surface area (Å²) in [4.78, 5) is 12.9. The first kappa shape index (κ1) is 20.0. The lowest BCUT2D eigenvalue weighted by atomic mass is 9.97. The van der Waals surface area contributed by atoms with Crippen molar-refractivity contribution in [1.29, 1.82) is 0 Å². The average molecular weight is 364 g/mol. The minimum Gasteiger partial charge on any atom is -0.508 e. The Hall–Kier alpha value is -1.08. The number of non-ortho nitro benzene ring substituents is 1. The van der Waals surface area contributed by atoms with E-state index in [9.17, 15) is 15.2 Å². The molecule has 130 valence electrons. The third-order valence-corrected chi connectivity index (χ3v) is 4.43. The van der Waals surface area contributed by atoms with Crippen LogP contribution in [0, 0.1) is 16.0 Å². The van der Waals surface area contributed by atoms with Gasteiger partial charge in [0.05, 0.1) is 4.92 Å². The number of nitrogens with one attached hydrogen (secondary N) is 1. The molecule has 1 saturated heterocycles. The van der Waals surface area contributed by atoms with E-state index in [4.69, 9.17) is 0 Å². The van der Waals surface area contributed by atoms with Crippen LogP contribution in [0.15, 0.2) is 18.2 Å². The normalized spacial score (nSPS) is 19.3. The van der Waals surface area contributed by atoms with Gasteiger partial charge in [-0.05, 0) is 18.4 Å². The minimum absolute atomic E-state index is 0. The highest BCUT2D eigenvalue weighted by molar-refractivity contribution is 5.85. The molecule has 0 aromatic heterocycles. The Bertz CT molecular complexity index is 535. The molecular formula is C15H23Cl2N3O3. The second-order valence-corrected chi connectivity index (χ2v) is 5.98. The number of hydrogen-bond acceptors (Lipinski definition) is 5. The van der Waals surface area contributed by atoms with E-state index >= 15 is 0 Å². The Balaban J connectivity index is 0.00000132. The second-order valence-electron chi connectivity index (χ2n) is 5.98. The van der Waals surface area contributed by atoms with Gasteiger partial charge in [-0.15, -0.1) is 24.8 Å². The summed E-state index contributed by atoms with van der Waals surface area (Å²) in [5.41, 5.74) is 0.761. The molecule has 1 heterocycles. The Morgan fingerprint density at radius 3 is 2.52 bits per heavy atom. The number of benzene rings is 1. The first-order valence-electron chi connectivity index (χ1n) is 7.57. The number of phenolic OH excluding ortho intramolecular Hbond substituents is 1. The van der Waals surface area contributed by atoms with Crippen LogP contribution >= 0.6 is 24.8 Å². The van der Waals surface area contributed by atoms with Crippen molar-refractivity contribution in [3.8, 4) is 5.75 Å². The summed E-state index contributed by atoms with van der Waals surface area (Å²) in [6.07, 6.45) is 3.45. The molecule has 8 heteroatoms. The van der Waals surface area contributed by atoms with Crippen LogP contribution in [0.2, 0.25) is 0 Å². The fourth-order valence-electron chi connectivity index (χ4n) is 3.06. The summed E-state index contributed by atoms with van der Waals surface area (Å²) in [5.74, 6) is 0.869. The van der Waals surface area contributed by atoms with Crippen LogP contribution in [-0.4, -0.2) is 41.1 Å². The number of hydrogen-bond donors (Lipinski definition) is 2. The standard InChI is InChI=1S/C15H21N3O3.2ClH/c19-15-4-3-12(18(20)21)10-13(15)14(9-11-1-2-11)17-7-5-16-6-8-17;;/h3-4,10-11,14,16,19H,1-2,5-9H2;2*1H/t14-;;/m1../s1. The fraction of sp³-hybridized carbons (Fsp3) is 0.600. The molecule has 1 atom stereocenters. The molecule has 2 aliphatic rings. The van der Waals surface area contributed by atoms with Crippen molar-refractivity contribution in [2.75, 3.05) is 26.2 Å². The first-order chi connectivity index (χ1) is 10.1. The minimum atomic E-state index is -0.394. The highest BCUT2D eigenvalue weighted by atomic mass is 35.5. The molecule has 3 rings (SSSR count). The second kappa shape index (κ2) is 8.68. The highest BCUT2D eigenvalue weighted by Crippen LogP contribution is 2.43. The van der Waals surface area contributed by atoms with E-state index in [1.165, 1.54) is 25.0 Å². The third kappa shape index (κ3) is 4.94. The molecule has 0 bridgehead atoms. The average Bonchev–Trinajstić information content (AvgIpc) is 3.30. The summed E-state index contributed by atoms with van der Waals surface area (Å²) in [6, 6.07) is 4.45. The molecule has 23 heavy (non-hydrogen) atoms. The highest BCUT2D eigenvalue weighted by Gasteiger charge is 2.32. The Labute approximate surface area is 148 Å². The third-order valence-electron chi connectivity index (χ3n) is 4.43. The Morgan fingerprint density at radius 2 is 1.96 bits per heavy atom. The first-order valence-corrected chi connectivity index (χ1v) is 7.57. The van der Waals surface area contributed by atoms with Crippen LogP contribution in [0.1, 0.15) is 30.9 Å². The smallest absolute Gasteiger partial charge is 0.270 e. The van der Waals surface area contributed by atoms with Crippen molar-refractivity contribution >= 4 is 30.5 Å². The molecular weight excluding hydrogens is 341 g/mol. The molecule has 1 aliphatic carbocycles. The number of nitrogens with zero attached hydrogens (tertiary/aromatic N) is 2. The number of piperazine rings is 1. The summed E-state index contributed by atoms with van der Waals surface area (Å²) in [5, 5.41) is 24.5. The monoisotopic (exact) mass is 363 g/mol. The predicted molar refractivity (Wildman–Crippen MR) is 93.8 cm³/mol. The quantitative estimate of drug-likeness (QED) is 0.621. The van der Waals surface area contributed by atoms with Crippen molar-refractivity contribution in [2.24, 2.45) is 5.92 Å².